The SMILES string of the molecule is CCOC(=O)C(Cc1ccc(OCCN2C(=O)CSc3ccc(C(=O)c4ccccc4)cc32)cc1)OCC(F)(F)F. The molecule has 0 bridgehead atoms. The fourth-order valence-corrected chi connectivity index (χ4v) is 5.09. The van der Waals surface area contributed by atoms with Crippen molar-refractivity contribution in [2.75, 3.05) is 37.0 Å². The molecule has 0 N–H and O–H groups in total. The van der Waals surface area contributed by atoms with Gasteiger partial charge < -0.3 is 19.1 Å². The van der Waals surface area contributed by atoms with Gasteiger partial charge in [-0.05, 0) is 42.8 Å². The van der Waals surface area contributed by atoms with Crippen LogP contribution in [0.3, 0.4) is 0 Å². The van der Waals surface area contributed by atoms with Gasteiger partial charge in [-0.25, -0.2) is 4.79 Å². The monoisotopic (exact) mass is 587 g/mol. The minimum Gasteiger partial charge on any atom is -0.492 e. The van der Waals surface area contributed by atoms with E-state index in [1.54, 1.807) is 72.5 Å². The zero-order valence-electron chi connectivity index (χ0n) is 22.2. The van der Waals surface area contributed by atoms with Crippen molar-refractivity contribution in [1.29, 1.82) is 0 Å². The summed E-state index contributed by atoms with van der Waals surface area (Å²) < 4.78 is 53.3. The van der Waals surface area contributed by atoms with Gasteiger partial charge in [-0.3, -0.25) is 9.59 Å². The van der Waals surface area contributed by atoms with Crippen LogP contribution in [-0.4, -0.2) is 62.1 Å². The molecule has 0 spiro atoms. The van der Waals surface area contributed by atoms with E-state index in [-0.39, 0.29) is 43.6 Å². The van der Waals surface area contributed by atoms with Crippen LogP contribution < -0.4 is 9.64 Å². The third kappa shape index (κ3) is 8.34. The first-order chi connectivity index (χ1) is 19.6. The van der Waals surface area contributed by atoms with Crippen molar-refractivity contribution in [2.24, 2.45) is 0 Å². The number of carbonyl (C=O) groups excluding carboxylic acids is 3. The van der Waals surface area contributed by atoms with E-state index < -0.39 is 24.9 Å². The summed E-state index contributed by atoms with van der Waals surface area (Å²) >= 11 is 1.41. The minimum absolute atomic E-state index is 0.0187. The van der Waals surface area contributed by atoms with Gasteiger partial charge in [-0.1, -0.05) is 42.5 Å². The van der Waals surface area contributed by atoms with Crippen molar-refractivity contribution in [1.82, 2.24) is 0 Å². The number of hydrogen-bond acceptors (Lipinski definition) is 7. The van der Waals surface area contributed by atoms with E-state index in [4.69, 9.17) is 14.2 Å². The Bertz CT molecular complexity index is 1360. The third-order valence-electron chi connectivity index (χ3n) is 6.13. The lowest BCUT2D eigenvalue weighted by molar-refractivity contribution is -0.194. The number of esters is 1. The largest absolute Gasteiger partial charge is 0.492 e. The van der Waals surface area contributed by atoms with Crippen molar-refractivity contribution >= 4 is 35.1 Å². The highest BCUT2D eigenvalue weighted by molar-refractivity contribution is 8.00. The van der Waals surface area contributed by atoms with Gasteiger partial charge in [0, 0.05) is 22.4 Å². The fourth-order valence-electron chi connectivity index (χ4n) is 4.18. The molecule has 3 aromatic carbocycles. The number of rotatable bonds is 12. The minimum atomic E-state index is -4.57. The van der Waals surface area contributed by atoms with Crippen LogP contribution in [0.5, 0.6) is 5.75 Å². The van der Waals surface area contributed by atoms with Gasteiger partial charge >= 0.3 is 12.1 Å². The van der Waals surface area contributed by atoms with Crippen LogP contribution in [0, 0.1) is 0 Å². The average molecular weight is 588 g/mol. The smallest absolute Gasteiger partial charge is 0.411 e. The molecule has 0 saturated heterocycles. The number of ketones is 1. The second-order valence-corrected chi connectivity index (χ2v) is 10.1. The first-order valence-corrected chi connectivity index (χ1v) is 13.9. The second-order valence-electron chi connectivity index (χ2n) is 9.08. The molecule has 1 atom stereocenters. The molecule has 0 radical (unpaired) electrons. The van der Waals surface area contributed by atoms with Gasteiger partial charge in [0.1, 0.15) is 19.0 Å². The number of thioether (sulfide) groups is 1. The Balaban J connectivity index is 1.38. The Morgan fingerprint density at radius 3 is 2.41 bits per heavy atom. The lowest BCUT2D eigenvalue weighted by atomic mass is 10.0. The second kappa shape index (κ2) is 13.7. The standard InChI is InChI=1S/C30H28F3NO6S/c1-2-38-29(37)25(40-19-30(31,32)33)16-20-8-11-23(12-9-20)39-15-14-34-24-17-22(10-13-26(24)41-18-27(34)35)28(36)21-6-4-3-5-7-21/h3-13,17,25H,2,14-16,18-19H2,1H3. The van der Waals surface area contributed by atoms with Crippen LogP contribution in [-0.2, 0) is 25.5 Å². The average Bonchev–Trinajstić information content (AvgIpc) is 2.96. The molecule has 0 aromatic heterocycles. The van der Waals surface area contributed by atoms with E-state index in [9.17, 15) is 27.6 Å². The highest BCUT2D eigenvalue weighted by Gasteiger charge is 2.32. The highest BCUT2D eigenvalue weighted by atomic mass is 32.2. The van der Waals surface area contributed by atoms with Crippen LogP contribution in [0.25, 0.3) is 0 Å². The summed E-state index contributed by atoms with van der Waals surface area (Å²) in [6.07, 6.45) is -6.07. The number of carbonyl (C=O) groups is 3. The van der Waals surface area contributed by atoms with Crippen LogP contribution in [0.1, 0.15) is 28.4 Å². The number of benzene rings is 3. The number of nitrogens with zero attached hydrogens (tertiary/aromatic N) is 1. The van der Waals surface area contributed by atoms with Crippen LogP contribution in [0.15, 0.2) is 77.7 Å². The Hall–Kier alpha value is -3.83. The molecule has 0 saturated carbocycles. The number of alkyl halides is 3. The summed E-state index contributed by atoms with van der Waals surface area (Å²) in [6, 6.07) is 20.7. The first-order valence-electron chi connectivity index (χ1n) is 12.9. The molecule has 4 rings (SSSR count). The molecule has 41 heavy (non-hydrogen) atoms. The van der Waals surface area contributed by atoms with Crippen LogP contribution >= 0.6 is 11.8 Å². The molecule has 1 aliphatic heterocycles. The maximum atomic E-state index is 12.9. The number of ether oxygens (including phenoxy) is 3. The van der Waals surface area contributed by atoms with Crippen molar-refractivity contribution in [3.8, 4) is 5.75 Å². The van der Waals surface area contributed by atoms with Crippen molar-refractivity contribution in [3.05, 3.63) is 89.5 Å². The maximum Gasteiger partial charge on any atom is 0.411 e. The lowest BCUT2D eigenvalue weighted by Crippen LogP contribution is -2.38. The molecule has 11 heteroatoms. The number of hydrogen-bond donors (Lipinski definition) is 0. The van der Waals surface area contributed by atoms with E-state index in [1.165, 1.54) is 11.8 Å². The summed E-state index contributed by atoms with van der Waals surface area (Å²) in [5.74, 6) is -0.359. The maximum absolute atomic E-state index is 12.9. The quantitative estimate of drug-likeness (QED) is 0.205. The first kappa shape index (κ1) is 30.1. The van der Waals surface area contributed by atoms with Crippen LogP contribution in [0.2, 0.25) is 0 Å². The molecule has 1 heterocycles. The van der Waals surface area contributed by atoms with Gasteiger partial charge in [0.25, 0.3) is 0 Å². The molecular formula is C30H28F3NO6S. The van der Waals surface area contributed by atoms with Gasteiger partial charge in [-0.15, -0.1) is 11.8 Å². The van der Waals surface area contributed by atoms with E-state index in [2.05, 4.69) is 0 Å². The van der Waals surface area contributed by atoms with E-state index in [0.717, 1.165) is 4.90 Å². The van der Waals surface area contributed by atoms with Gasteiger partial charge in [0.2, 0.25) is 5.91 Å². The Kier molecular flexibility index (Phi) is 10.1. The predicted molar refractivity (Wildman–Crippen MR) is 147 cm³/mol. The van der Waals surface area contributed by atoms with Gasteiger partial charge in [-0.2, -0.15) is 13.2 Å². The summed E-state index contributed by atoms with van der Waals surface area (Å²) in [4.78, 5) is 40.3. The molecule has 7 nitrogen and oxygen atoms in total. The van der Waals surface area contributed by atoms with Gasteiger partial charge in [0.15, 0.2) is 11.9 Å². The molecular weight excluding hydrogens is 559 g/mol. The lowest BCUT2D eigenvalue weighted by Gasteiger charge is -2.29. The Morgan fingerprint density at radius 1 is 1.00 bits per heavy atom. The number of halogens is 3. The van der Waals surface area contributed by atoms with E-state index in [0.29, 0.717) is 28.1 Å². The van der Waals surface area contributed by atoms with Crippen molar-refractivity contribution < 1.29 is 41.8 Å². The molecule has 1 amide bonds. The number of amides is 1. The summed E-state index contributed by atoms with van der Waals surface area (Å²) in [7, 11) is 0. The Morgan fingerprint density at radius 2 is 1.73 bits per heavy atom. The van der Waals surface area contributed by atoms with Crippen molar-refractivity contribution in [2.45, 2.75) is 30.5 Å². The zero-order valence-corrected chi connectivity index (χ0v) is 23.0. The Labute approximate surface area is 239 Å². The number of anilines is 1. The number of fused-ring (bicyclic) bond motifs is 1. The molecule has 3 aromatic rings. The molecule has 0 fully saturated rings. The molecule has 0 aliphatic carbocycles. The highest BCUT2D eigenvalue weighted by Crippen LogP contribution is 2.36. The summed E-state index contributed by atoms with van der Waals surface area (Å²) in [6.45, 7) is 0.420. The fraction of sp³-hybridized carbons (Fsp3) is 0.300. The molecule has 1 unspecified atom stereocenters. The zero-order chi connectivity index (χ0) is 29.4. The van der Waals surface area contributed by atoms with Crippen molar-refractivity contribution in [3.63, 3.8) is 0 Å². The van der Waals surface area contributed by atoms with Crippen LogP contribution in [0.4, 0.5) is 18.9 Å². The molecule has 1 aliphatic rings. The van der Waals surface area contributed by atoms with E-state index in [1.807, 2.05) is 12.1 Å². The summed E-state index contributed by atoms with van der Waals surface area (Å²) in [5, 5.41) is 0. The third-order valence-corrected chi connectivity index (χ3v) is 7.17. The molecule has 216 valence electrons. The van der Waals surface area contributed by atoms with E-state index >= 15 is 0 Å². The normalized spacial score (nSPS) is 13.9. The topological polar surface area (TPSA) is 82.1 Å². The summed E-state index contributed by atoms with van der Waals surface area (Å²) in [5.41, 5.74) is 2.24. The predicted octanol–water partition coefficient (Wildman–Crippen LogP) is 5.49. The van der Waals surface area contributed by atoms with Gasteiger partial charge in [0.05, 0.1) is 24.6 Å².